The second-order valence-electron chi connectivity index (χ2n) is 5.38. The summed E-state index contributed by atoms with van der Waals surface area (Å²) in [5.41, 5.74) is -1.38. The van der Waals surface area contributed by atoms with E-state index in [0.717, 1.165) is 0 Å². The molecule has 1 aromatic heterocycles. The highest BCUT2D eigenvalue weighted by Gasteiger charge is 2.67. The van der Waals surface area contributed by atoms with Crippen molar-refractivity contribution in [2.75, 3.05) is 6.61 Å². The zero-order valence-electron chi connectivity index (χ0n) is 11.7. The van der Waals surface area contributed by atoms with Gasteiger partial charge in [-0.1, -0.05) is 29.8 Å². The molecule has 0 spiro atoms. The molecule has 2 heterocycles. The number of aliphatic hydroxyl groups is 4. The van der Waals surface area contributed by atoms with E-state index in [-0.39, 0.29) is 5.56 Å². The van der Waals surface area contributed by atoms with Crippen molar-refractivity contribution < 1.29 is 29.0 Å². The number of aromatic nitrogens is 1. The van der Waals surface area contributed by atoms with Crippen LogP contribution in [0.15, 0.2) is 30.5 Å². The molecule has 0 bridgehead atoms. The van der Waals surface area contributed by atoms with Crippen molar-refractivity contribution in [1.29, 1.82) is 0 Å². The Balaban J connectivity index is 2.26. The van der Waals surface area contributed by atoms with Crippen LogP contribution in [0, 0.1) is 0 Å². The second-order valence-corrected chi connectivity index (χ2v) is 6.26. The van der Waals surface area contributed by atoms with Crippen LogP contribution in [-0.4, -0.2) is 55.6 Å². The molecule has 9 heteroatoms. The molecule has 0 radical (unpaired) electrons. The predicted octanol–water partition coefficient (Wildman–Crippen LogP) is 0.687. The first-order valence-electron chi connectivity index (χ1n) is 6.80. The topological polar surface area (TPSA) is 115 Å². The van der Waals surface area contributed by atoms with Crippen LogP contribution in [0.25, 0.3) is 10.9 Å². The average Bonchev–Trinajstić information content (AvgIpc) is 3.00. The molecule has 5 atom stereocenters. The predicted molar refractivity (Wildman–Crippen MR) is 84.8 cm³/mol. The van der Waals surface area contributed by atoms with Crippen LogP contribution in [0.4, 0.5) is 0 Å². The maximum atomic E-state index is 11.3. The Morgan fingerprint density at radius 2 is 2.04 bits per heavy atom. The van der Waals surface area contributed by atoms with Gasteiger partial charge in [0.05, 0.1) is 6.61 Å². The maximum absolute atomic E-state index is 11.3. The van der Waals surface area contributed by atoms with Gasteiger partial charge in [-0.15, -0.1) is 0 Å². The van der Waals surface area contributed by atoms with Crippen molar-refractivity contribution in [3.05, 3.63) is 36.0 Å². The largest absolute Gasteiger partial charge is 0.394 e. The highest BCUT2D eigenvalue weighted by Crippen LogP contribution is 2.51. The van der Waals surface area contributed by atoms with E-state index in [1.165, 1.54) is 6.20 Å². The Kier molecular flexibility index (Phi) is 4.45. The molecular weight excluding hydrogens is 394 g/mol. The fraction of sp³-hybridized carbons (Fsp3) is 0.429. The molecule has 1 aliphatic rings. The fourth-order valence-corrected chi connectivity index (χ4v) is 3.77. The van der Waals surface area contributed by atoms with E-state index in [0.29, 0.717) is 10.9 Å². The standard InChI is InChI=1S/C14H15BrClNO6/c15-23-14(16)10(6-18)22-12(20)11(19)13(14,21)8-5-17-9-4-2-1-3-7(8)9/h1-5,10-12,17-21H,6H2/t10-,11+,12+,13-,14-/m1/s1. The molecule has 1 aromatic carbocycles. The Bertz CT molecular complexity index is 713. The van der Waals surface area contributed by atoms with Gasteiger partial charge >= 0.3 is 0 Å². The van der Waals surface area contributed by atoms with Crippen molar-refractivity contribution in [3.8, 4) is 0 Å². The summed E-state index contributed by atoms with van der Waals surface area (Å²) in [6.45, 7) is -0.649. The molecule has 126 valence electrons. The van der Waals surface area contributed by atoms with E-state index in [2.05, 4.69) is 21.2 Å². The molecular formula is C14H15BrClNO6. The lowest BCUT2D eigenvalue weighted by Crippen LogP contribution is -2.70. The minimum Gasteiger partial charge on any atom is -0.394 e. The molecule has 5 N–H and O–H groups in total. The van der Waals surface area contributed by atoms with Gasteiger partial charge in [-0.3, -0.25) is 3.83 Å². The maximum Gasteiger partial charge on any atom is 0.219 e. The van der Waals surface area contributed by atoms with Crippen LogP contribution >= 0.6 is 27.9 Å². The number of fused-ring (bicyclic) bond motifs is 1. The summed E-state index contributed by atoms with van der Waals surface area (Å²) >= 11 is 9.13. The van der Waals surface area contributed by atoms with E-state index >= 15 is 0 Å². The van der Waals surface area contributed by atoms with Crippen molar-refractivity contribution >= 4 is 38.8 Å². The summed E-state index contributed by atoms with van der Waals surface area (Å²) in [6.07, 6.45) is -3.43. The molecule has 0 amide bonds. The molecule has 1 fully saturated rings. The smallest absolute Gasteiger partial charge is 0.219 e. The molecule has 0 saturated carbocycles. The molecule has 3 rings (SSSR count). The van der Waals surface area contributed by atoms with Crippen LogP contribution < -0.4 is 0 Å². The zero-order chi connectivity index (χ0) is 16.8. The number of para-hydroxylation sites is 1. The number of rotatable bonds is 3. The molecule has 23 heavy (non-hydrogen) atoms. The normalized spacial score (nSPS) is 38.1. The minimum atomic E-state index is -2.28. The number of hydrogen-bond donors (Lipinski definition) is 5. The summed E-state index contributed by atoms with van der Waals surface area (Å²) in [7, 11) is 0. The number of aliphatic hydroxyl groups excluding tert-OH is 3. The third-order valence-corrected chi connectivity index (χ3v) is 5.52. The Morgan fingerprint density at radius 3 is 2.70 bits per heavy atom. The zero-order valence-corrected chi connectivity index (χ0v) is 14.0. The Labute approximate surface area is 144 Å². The van der Waals surface area contributed by atoms with Crippen LogP contribution in [0.1, 0.15) is 5.56 Å². The molecule has 0 aliphatic carbocycles. The fourth-order valence-electron chi connectivity index (χ4n) is 2.98. The molecule has 2 aromatic rings. The highest BCUT2D eigenvalue weighted by atomic mass is 79.9. The first-order valence-corrected chi connectivity index (χ1v) is 7.82. The lowest BCUT2D eigenvalue weighted by atomic mass is 9.78. The number of nitrogens with one attached hydrogen (secondary N) is 1. The molecule has 7 nitrogen and oxygen atoms in total. The highest BCUT2D eigenvalue weighted by molar-refractivity contribution is 9.06. The number of benzene rings is 1. The Morgan fingerprint density at radius 1 is 1.35 bits per heavy atom. The van der Waals surface area contributed by atoms with Gasteiger partial charge < -0.3 is 30.1 Å². The third-order valence-electron chi connectivity index (χ3n) is 4.21. The van der Waals surface area contributed by atoms with Gasteiger partial charge in [-0.25, -0.2) is 0 Å². The van der Waals surface area contributed by atoms with E-state index in [9.17, 15) is 20.4 Å². The molecule has 1 aliphatic heterocycles. The second kappa shape index (κ2) is 5.98. The number of hydrogen-bond acceptors (Lipinski definition) is 6. The van der Waals surface area contributed by atoms with Gasteiger partial charge in [0, 0.05) is 22.7 Å². The summed E-state index contributed by atoms with van der Waals surface area (Å²) < 4.78 is 10.1. The monoisotopic (exact) mass is 407 g/mol. The van der Waals surface area contributed by atoms with E-state index < -0.39 is 35.8 Å². The Hall–Kier alpha value is -0.710. The number of H-pyrrole nitrogens is 1. The summed E-state index contributed by atoms with van der Waals surface area (Å²) in [5, 5.41) is 39.6. The quantitative estimate of drug-likeness (QED) is 0.477. The molecule has 0 unspecified atom stereocenters. The van der Waals surface area contributed by atoms with Gasteiger partial charge in [0.1, 0.15) is 28.5 Å². The lowest BCUT2D eigenvalue weighted by Gasteiger charge is -2.51. The number of ether oxygens (including phenoxy) is 1. The van der Waals surface area contributed by atoms with Gasteiger partial charge in [0.2, 0.25) is 5.06 Å². The number of halogens is 2. The van der Waals surface area contributed by atoms with Crippen molar-refractivity contribution in [1.82, 2.24) is 4.98 Å². The van der Waals surface area contributed by atoms with Gasteiger partial charge in [0.25, 0.3) is 0 Å². The average molecular weight is 409 g/mol. The van der Waals surface area contributed by atoms with Crippen molar-refractivity contribution in [2.24, 2.45) is 0 Å². The van der Waals surface area contributed by atoms with Gasteiger partial charge in [0.15, 0.2) is 11.9 Å². The van der Waals surface area contributed by atoms with E-state index in [1.807, 2.05) is 0 Å². The van der Waals surface area contributed by atoms with Crippen LogP contribution in [0.2, 0.25) is 0 Å². The summed E-state index contributed by atoms with van der Waals surface area (Å²) in [4.78, 5) is 2.96. The van der Waals surface area contributed by atoms with E-state index in [1.54, 1.807) is 24.3 Å². The van der Waals surface area contributed by atoms with Crippen LogP contribution in [0.3, 0.4) is 0 Å². The van der Waals surface area contributed by atoms with Crippen LogP contribution in [0.5, 0.6) is 0 Å². The van der Waals surface area contributed by atoms with Crippen LogP contribution in [-0.2, 0) is 14.2 Å². The summed E-state index contributed by atoms with van der Waals surface area (Å²) in [6, 6.07) is 7.04. The van der Waals surface area contributed by atoms with Gasteiger partial charge in [-0.2, -0.15) is 0 Å². The number of aromatic amines is 1. The number of alkyl halides is 1. The molecule has 1 saturated heterocycles. The minimum absolute atomic E-state index is 0.204. The SMILES string of the molecule is OC[C@H]1O[C@H](O)[C@H](O)[C@](O)(c2c[nH]c3ccccc23)[C@]1(Cl)OBr. The lowest BCUT2D eigenvalue weighted by molar-refractivity contribution is -0.330. The van der Waals surface area contributed by atoms with Crippen molar-refractivity contribution in [3.63, 3.8) is 0 Å². The van der Waals surface area contributed by atoms with Gasteiger partial charge in [-0.05, 0) is 6.07 Å². The van der Waals surface area contributed by atoms with E-state index in [4.69, 9.17) is 20.2 Å². The third kappa shape index (κ3) is 2.25. The summed E-state index contributed by atoms with van der Waals surface area (Å²) in [5.74, 6) is 0. The first-order chi connectivity index (χ1) is 10.9. The van der Waals surface area contributed by atoms with Crippen molar-refractivity contribution in [2.45, 2.75) is 29.2 Å². The first kappa shape index (κ1) is 17.1.